The summed E-state index contributed by atoms with van der Waals surface area (Å²) < 4.78 is 16.2. The molecule has 3 N–H and O–H groups in total. The van der Waals surface area contributed by atoms with Crippen molar-refractivity contribution in [1.29, 1.82) is 0 Å². The van der Waals surface area contributed by atoms with E-state index in [1.165, 1.54) is 43.7 Å². The number of aromatic carboxylic acids is 1. The zero-order valence-electron chi connectivity index (χ0n) is 22.2. The van der Waals surface area contributed by atoms with Crippen molar-refractivity contribution in [3.63, 3.8) is 0 Å². The van der Waals surface area contributed by atoms with Crippen molar-refractivity contribution in [1.82, 2.24) is 0 Å². The number of ether oxygens (including phenoxy) is 3. The van der Waals surface area contributed by atoms with E-state index in [-0.39, 0.29) is 52.9 Å². The molecule has 0 aliphatic heterocycles. The summed E-state index contributed by atoms with van der Waals surface area (Å²) in [6, 6.07) is 19.8. The summed E-state index contributed by atoms with van der Waals surface area (Å²) in [5.74, 6) is -1.68. The third kappa shape index (κ3) is 7.21. The number of benzene rings is 4. The summed E-state index contributed by atoms with van der Waals surface area (Å²) in [5.41, 5.74) is 2.03. The number of carboxylic acids is 1. The van der Waals surface area contributed by atoms with Crippen LogP contribution in [0.4, 0.5) is 0 Å². The Kier molecular flexibility index (Phi) is 9.36. The fourth-order valence-corrected chi connectivity index (χ4v) is 3.73. The zero-order chi connectivity index (χ0) is 30.1. The molecule has 0 aliphatic rings. The van der Waals surface area contributed by atoms with Gasteiger partial charge < -0.3 is 34.4 Å². The Morgan fingerprint density at radius 3 is 2.00 bits per heavy atom. The summed E-state index contributed by atoms with van der Waals surface area (Å²) in [6.07, 6.45) is 1.66. The first-order valence-electron chi connectivity index (χ1n) is 12.4. The standard InChI is InChI=1S/C31H25NO10/c1-39-31(38)22-11-7-20(8-12-22)18-41-29-14-23(13-27(35)25(29)16-33)42-32-15-24-26(34)3-2-4-28(24)40-17-19-5-9-21(10-6-19)30(36)37/h2-16,34-35H,17-18H2,1H3,(H,36,37)/b32-15+. The van der Waals surface area contributed by atoms with E-state index in [9.17, 15) is 24.6 Å². The van der Waals surface area contributed by atoms with Gasteiger partial charge in [0, 0.05) is 12.1 Å². The van der Waals surface area contributed by atoms with Crippen molar-refractivity contribution < 1.29 is 48.8 Å². The number of nitrogens with zero attached hydrogens (tertiary/aromatic N) is 1. The van der Waals surface area contributed by atoms with Gasteiger partial charge in [-0.2, -0.15) is 0 Å². The Morgan fingerprint density at radius 2 is 1.40 bits per heavy atom. The molecular formula is C31H25NO10. The Labute approximate surface area is 239 Å². The summed E-state index contributed by atoms with van der Waals surface area (Å²) in [5, 5.41) is 33.6. The Balaban J connectivity index is 1.45. The van der Waals surface area contributed by atoms with Crippen LogP contribution in [0.2, 0.25) is 0 Å². The van der Waals surface area contributed by atoms with Crippen LogP contribution in [-0.4, -0.2) is 46.9 Å². The molecule has 0 amide bonds. The van der Waals surface area contributed by atoms with E-state index in [0.717, 1.165) is 0 Å². The highest BCUT2D eigenvalue weighted by Gasteiger charge is 2.14. The SMILES string of the molecule is COC(=O)c1ccc(COc2cc(O/N=C/c3c(O)cccc3OCc3ccc(C(=O)O)cc3)cc(O)c2C=O)cc1. The number of carbonyl (C=O) groups is 3. The monoisotopic (exact) mass is 571 g/mol. The molecule has 4 aromatic rings. The predicted molar refractivity (Wildman–Crippen MR) is 150 cm³/mol. The van der Waals surface area contributed by atoms with Gasteiger partial charge in [0.2, 0.25) is 0 Å². The smallest absolute Gasteiger partial charge is 0.337 e. The van der Waals surface area contributed by atoms with Gasteiger partial charge in [0.25, 0.3) is 0 Å². The average Bonchev–Trinajstić information content (AvgIpc) is 3.00. The molecule has 0 fully saturated rings. The van der Waals surface area contributed by atoms with Crippen LogP contribution in [-0.2, 0) is 18.0 Å². The second-order valence-electron chi connectivity index (χ2n) is 8.75. The predicted octanol–water partition coefficient (Wildman–Crippen LogP) is 4.97. The Hall–Kier alpha value is -5.84. The van der Waals surface area contributed by atoms with Gasteiger partial charge in [-0.3, -0.25) is 4.79 Å². The number of phenols is 2. The fourth-order valence-electron chi connectivity index (χ4n) is 3.73. The maximum atomic E-state index is 11.6. The Bertz CT molecular complexity index is 1610. The van der Waals surface area contributed by atoms with Crippen LogP contribution in [0.25, 0.3) is 0 Å². The second-order valence-corrected chi connectivity index (χ2v) is 8.75. The van der Waals surface area contributed by atoms with E-state index in [4.69, 9.17) is 19.4 Å². The van der Waals surface area contributed by atoms with Gasteiger partial charge in [0.1, 0.15) is 36.2 Å². The lowest BCUT2D eigenvalue weighted by atomic mass is 10.1. The molecule has 11 heteroatoms. The molecule has 0 aromatic heterocycles. The normalized spacial score (nSPS) is 10.7. The Morgan fingerprint density at radius 1 is 0.786 bits per heavy atom. The van der Waals surface area contributed by atoms with Gasteiger partial charge in [-0.1, -0.05) is 35.5 Å². The molecule has 0 aliphatic carbocycles. The number of esters is 1. The van der Waals surface area contributed by atoms with Crippen LogP contribution in [0.1, 0.15) is 47.8 Å². The second kappa shape index (κ2) is 13.5. The minimum Gasteiger partial charge on any atom is -0.507 e. The molecular weight excluding hydrogens is 546 g/mol. The van der Waals surface area contributed by atoms with Gasteiger partial charge >= 0.3 is 11.9 Å². The third-order valence-corrected chi connectivity index (χ3v) is 5.96. The molecule has 0 radical (unpaired) electrons. The number of carboxylic acid groups (broad SMARTS) is 1. The van der Waals surface area contributed by atoms with Crippen molar-refractivity contribution >= 4 is 24.4 Å². The number of hydrogen-bond acceptors (Lipinski definition) is 10. The van der Waals surface area contributed by atoms with Crippen LogP contribution in [0, 0.1) is 0 Å². The molecule has 0 unspecified atom stereocenters. The molecule has 0 saturated heterocycles. The molecule has 214 valence electrons. The highest BCUT2D eigenvalue weighted by atomic mass is 16.6. The van der Waals surface area contributed by atoms with Crippen LogP contribution in [0.15, 0.2) is 84.0 Å². The molecule has 42 heavy (non-hydrogen) atoms. The minimum absolute atomic E-state index is 0.0199. The van der Waals surface area contributed by atoms with Crippen LogP contribution in [0.3, 0.4) is 0 Å². The topological polar surface area (TPSA) is 161 Å². The molecule has 4 rings (SSSR count). The van der Waals surface area contributed by atoms with Gasteiger partial charge in [0.05, 0.1) is 35.6 Å². The lowest BCUT2D eigenvalue weighted by molar-refractivity contribution is 0.0599. The third-order valence-electron chi connectivity index (χ3n) is 5.96. The fraction of sp³-hybridized carbons (Fsp3) is 0.0968. The minimum atomic E-state index is -1.03. The summed E-state index contributed by atoms with van der Waals surface area (Å²) >= 11 is 0. The van der Waals surface area contributed by atoms with Gasteiger partial charge in [0.15, 0.2) is 12.0 Å². The molecule has 0 heterocycles. The highest BCUT2D eigenvalue weighted by Crippen LogP contribution is 2.33. The van der Waals surface area contributed by atoms with Crippen LogP contribution < -0.4 is 14.3 Å². The van der Waals surface area contributed by atoms with Gasteiger partial charge in [-0.05, 0) is 47.5 Å². The van der Waals surface area contributed by atoms with E-state index < -0.39 is 17.7 Å². The number of oxime groups is 1. The summed E-state index contributed by atoms with van der Waals surface area (Å²) in [4.78, 5) is 39.6. The molecule has 0 atom stereocenters. The number of phenolic OH excluding ortho intramolecular Hbond substituents is 2. The largest absolute Gasteiger partial charge is 0.507 e. The summed E-state index contributed by atoms with van der Waals surface area (Å²) in [6.45, 7) is 0.115. The lowest BCUT2D eigenvalue weighted by Gasteiger charge is -2.12. The number of aromatic hydroxyl groups is 2. The first-order chi connectivity index (χ1) is 20.3. The van der Waals surface area contributed by atoms with Gasteiger partial charge in [-0.15, -0.1) is 0 Å². The number of hydrogen-bond donors (Lipinski definition) is 3. The molecule has 0 spiro atoms. The van der Waals surface area contributed by atoms with Crippen molar-refractivity contribution in [2.24, 2.45) is 5.16 Å². The van der Waals surface area contributed by atoms with Crippen molar-refractivity contribution in [3.8, 4) is 28.7 Å². The van der Waals surface area contributed by atoms with E-state index in [1.54, 1.807) is 48.5 Å². The van der Waals surface area contributed by atoms with Gasteiger partial charge in [-0.25, -0.2) is 9.59 Å². The molecule has 4 aromatic carbocycles. The van der Waals surface area contributed by atoms with E-state index >= 15 is 0 Å². The zero-order valence-corrected chi connectivity index (χ0v) is 22.2. The molecule has 11 nitrogen and oxygen atoms in total. The van der Waals surface area contributed by atoms with E-state index in [1.807, 2.05) is 0 Å². The first-order valence-corrected chi connectivity index (χ1v) is 12.4. The van der Waals surface area contributed by atoms with Crippen LogP contribution in [0.5, 0.6) is 28.7 Å². The highest BCUT2D eigenvalue weighted by molar-refractivity contribution is 5.89. The molecule has 0 bridgehead atoms. The average molecular weight is 572 g/mol. The summed E-state index contributed by atoms with van der Waals surface area (Å²) in [7, 11) is 1.29. The maximum absolute atomic E-state index is 11.6. The van der Waals surface area contributed by atoms with E-state index in [0.29, 0.717) is 23.0 Å². The van der Waals surface area contributed by atoms with E-state index in [2.05, 4.69) is 9.89 Å². The number of methoxy groups -OCH3 is 1. The first kappa shape index (κ1) is 29.2. The van der Waals surface area contributed by atoms with Crippen molar-refractivity contribution in [3.05, 3.63) is 112 Å². The molecule has 0 saturated carbocycles. The van der Waals surface area contributed by atoms with Crippen molar-refractivity contribution in [2.75, 3.05) is 7.11 Å². The number of carbonyl (C=O) groups excluding carboxylic acids is 2. The number of aldehydes is 1. The lowest BCUT2D eigenvalue weighted by Crippen LogP contribution is -2.03. The quantitative estimate of drug-likeness (QED) is 0.0917. The number of rotatable bonds is 12. The van der Waals surface area contributed by atoms with Crippen LogP contribution >= 0.6 is 0 Å². The maximum Gasteiger partial charge on any atom is 0.337 e. The van der Waals surface area contributed by atoms with Crippen molar-refractivity contribution in [2.45, 2.75) is 13.2 Å².